The van der Waals surface area contributed by atoms with Gasteiger partial charge in [0.05, 0.1) is 29.6 Å². The van der Waals surface area contributed by atoms with Crippen LogP contribution in [-0.4, -0.2) is 61.7 Å². The second kappa shape index (κ2) is 11.1. The molecule has 1 N–H and O–H groups in total. The van der Waals surface area contributed by atoms with E-state index in [4.69, 9.17) is 9.72 Å². The zero-order valence-electron chi connectivity index (χ0n) is 18.5. The van der Waals surface area contributed by atoms with Crippen LogP contribution < -0.4 is 10.2 Å². The van der Waals surface area contributed by atoms with Gasteiger partial charge < -0.3 is 19.9 Å². The van der Waals surface area contributed by atoms with Crippen molar-refractivity contribution in [3.8, 4) is 0 Å². The van der Waals surface area contributed by atoms with Gasteiger partial charge in [-0.1, -0.05) is 31.9 Å². The highest BCUT2D eigenvalue weighted by Crippen LogP contribution is 2.31. The Balaban J connectivity index is 1.34. The number of carbonyl (C=O) groups is 1. The van der Waals surface area contributed by atoms with Crippen LogP contribution in [0.25, 0.3) is 0 Å². The van der Waals surface area contributed by atoms with Gasteiger partial charge in [0.25, 0.3) is 5.91 Å². The molecule has 2 aliphatic heterocycles. The first-order valence-electron chi connectivity index (χ1n) is 11.7. The Kier molecular flexibility index (Phi) is 7.94. The fourth-order valence-corrected chi connectivity index (χ4v) is 5.39. The van der Waals surface area contributed by atoms with Crippen molar-refractivity contribution < 1.29 is 9.53 Å². The minimum Gasteiger partial charge on any atom is -0.378 e. The molecule has 1 amide bonds. The van der Waals surface area contributed by atoms with E-state index in [1.54, 1.807) is 11.3 Å². The summed E-state index contributed by atoms with van der Waals surface area (Å²) in [6.07, 6.45) is 6.17. The number of piperidine rings is 1. The van der Waals surface area contributed by atoms with Crippen molar-refractivity contribution in [2.24, 2.45) is 0 Å². The number of thiazole rings is 1. The zero-order chi connectivity index (χ0) is 21.5. The van der Waals surface area contributed by atoms with Gasteiger partial charge >= 0.3 is 0 Å². The highest BCUT2D eigenvalue weighted by Gasteiger charge is 2.24. The van der Waals surface area contributed by atoms with E-state index in [9.17, 15) is 4.79 Å². The third-order valence-corrected chi connectivity index (χ3v) is 7.28. The van der Waals surface area contributed by atoms with Gasteiger partial charge in [0, 0.05) is 24.4 Å². The molecule has 4 rings (SSSR count). The van der Waals surface area contributed by atoms with Crippen LogP contribution in [0.1, 0.15) is 60.4 Å². The highest BCUT2D eigenvalue weighted by molar-refractivity contribution is 7.10. The lowest BCUT2D eigenvalue weighted by molar-refractivity contribution is 0.102. The molecule has 2 saturated heterocycles. The summed E-state index contributed by atoms with van der Waals surface area (Å²) >= 11 is 1.63. The van der Waals surface area contributed by atoms with Crippen LogP contribution in [-0.2, 0) is 4.74 Å². The van der Waals surface area contributed by atoms with Crippen LogP contribution in [0.2, 0.25) is 0 Å². The predicted octanol–water partition coefficient (Wildman–Crippen LogP) is 4.60. The summed E-state index contributed by atoms with van der Waals surface area (Å²) < 4.78 is 5.46. The van der Waals surface area contributed by atoms with E-state index in [2.05, 4.69) is 28.1 Å². The van der Waals surface area contributed by atoms with Crippen molar-refractivity contribution in [2.45, 2.75) is 44.9 Å². The minimum absolute atomic E-state index is 0.125. The fraction of sp³-hybridized carbons (Fsp3) is 0.583. The summed E-state index contributed by atoms with van der Waals surface area (Å²) in [5.74, 6) is 0.356. The summed E-state index contributed by atoms with van der Waals surface area (Å²) in [5.41, 5.74) is 2.41. The second-order valence-corrected chi connectivity index (χ2v) is 9.35. The molecule has 0 saturated carbocycles. The Morgan fingerprint density at radius 1 is 1.16 bits per heavy atom. The molecule has 0 radical (unpaired) electrons. The van der Waals surface area contributed by atoms with E-state index in [1.807, 2.05) is 23.6 Å². The lowest BCUT2D eigenvalue weighted by atomic mass is 9.97. The zero-order valence-corrected chi connectivity index (χ0v) is 19.3. The van der Waals surface area contributed by atoms with E-state index in [1.165, 1.54) is 25.8 Å². The average Bonchev–Trinajstić information content (AvgIpc) is 3.31. The Morgan fingerprint density at radius 3 is 2.71 bits per heavy atom. The quantitative estimate of drug-likeness (QED) is 0.606. The van der Waals surface area contributed by atoms with E-state index >= 15 is 0 Å². The SMILES string of the molecule is CCCCCN1CCC(c2nc(C(=O)Nc3ccccc3N3CCOCC3)cs2)CC1. The molecule has 1 aromatic heterocycles. The average molecular weight is 443 g/mol. The van der Waals surface area contributed by atoms with Gasteiger partial charge in [0.2, 0.25) is 0 Å². The number of nitrogens with one attached hydrogen (secondary N) is 1. The topological polar surface area (TPSA) is 57.7 Å². The largest absolute Gasteiger partial charge is 0.378 e. The summed E-state index contributed by atoms with van der Waals surface area (Å²) in [6.45, 7) is 8.86. The van der Waals surface area contributed by atoms with Crippen molar-refractivity contribution >= 4 is 28.6 Å². The molecule has 0 spiro atoms. The molecule has 2 aliphatic rings. The molecule has 2 aromatic rings. The molecule has 0 atom stereocenters. The maximum Gasteiger partial charge on any atom is 0.275 e. The number of para-hydroxylation sites is 2. The molecule has 1 aromatic carbocycles. The summed E-state index contributed by atoms with van der Waals surface area (Å²) in [4.78, 5) is 22.5. The van der Waals surface area contributed by atoms with Gasteiger partial charge in [-0.3, -0.25) is 4.79 Å². The first-order valence-corrected chi connectivity index (χ1v) is 12.5. The van der Waals surface area contributed by atoms with Crippen LogP contribution in [0.5, 0.6) is 0 Å². The summed E-state index contributed by atoms with van der Waals surface area (Å²) in [7, 11) is 0. The molecule has 6 nitrogen and oxygen atoms in total. The minimum atomic E-state index is -0.125. The second-order valence-electron chi connectivity index (χ2n) is 8.46. The molecule has 3 heterocycles. The number of anilines is 2. The third-order valence-electron chi connectivity index (χ3n) is 6.27. The number of carbonyl (C=O) groups excluding carboxylic acids is 1. The summed E-state index contributed by atoms with van der Waals surface area (Å²) in [5, 5.41) is 6.11. The van der Waals surface area contributed by atoms with E-state index in [0.717, 1.165) is 68.6 Å². The number of likely N-dealkylation sites (tertiary alicyclic amines) is 1. The van der Waals surface area contributed by atoms with Gasteiger partial charge in [-0.2, -0.15) is 0 Å². The first kappa shape index (κ1) is 22.2. The molecular formula is C24H34N4O2S. The van der Waals surface area contributed by atoms with Crippen LogP contribution in [0.4, 0.5) is 11.4 Å². The number of amides is 1. The van der Waals surface area contributed by atoms with Crippen molar-refractivity contribution in [1.82, 2.24) is 9.88 Å². The Hall–Kier alpha value is -1.96. The standard InChI is InChI=1S/C24H34N4O2S/c1-2-3-6-11-27-12-9-19(10-13-27)24-26-21(18-31-24)23(29)25-20-7-4-5-8-22(20)28-14-16-30-17-15-28/h4-5,7-8,18-19H,2-3,6,9-17H2,1H3,(H,25,29). The van der Waals surface area contributed by atoms with E-state index < -0.39 is 0 Å². The third kappa shape index (κ3) is 5.84. The van der Waals surface area contributed by atoms with E-state index in [0.29, 0.717) is 11.6 Å². The molecule has 0 aliphatic carbocycles. The maximum atomic E-state index is 12.9. The number of benzene rings is 1. The first-order chi connectivity index (χ1) is 15.2. The van der Waals surface area contributed by atoms with Gasteiger partial charge in [-0.25, -0.2) is 4.98 Å². The van der Waals surface area contributed by atoms with Gasteiger partial charge in [0.1, 0.15) is 5.69 Å². The number of morpholine rings is 1. The fourth-order valence-electron chi connectivity index (χ4n) is 4.41. The number of hydrogen-bond acceptors (Lipinski definition) is 6. The van der Waals surface area contributed by atoms with Crippen LogP contribution >= 0.6 is 11.3 Å². The van der Waals surface area contributed by atoms with Gasteiger partial charge in [-0.15, -0.1) is 11.3 Å². The highest BCUT2D eigenvalue weighted by atomic mass is 32.1. The number of nitrogens with zero attached hydrogens (tertiary/aromatic N) is 3. The maximum absolute atomic E-state index is 12.9. The van der Waals surface area contributed by atoms with Crippen LogP contribution in [0.15, 0.2) is 29.6 Å². The van der Waals surface area contributed by atoms with Crippen molar-refractivity contribution in [2.75, 3.05) is 56.2 Å². The van der Waals surface area contributed by atoms with Crippen molar-refractivity contribution in [3.63, 3.8) is 0 Å². The van der Waals surface area contributed by atoms with Crippen LogP contribution in [0, 0.1) is 0 Å². The van der Waals surface area contributed by atoms with Crippen molar-refractivity contribution in [3.05, 3.63) is 40.3 Å². The number of ether oxygens (including phenoxy) is 1. The van der Waals surface area contributed by atoms with Gasteiger partial charge in [-0.05, 0) is 51.0 Å². The predicted molar refractivity (Wildman–Crippen MR) is 127 cm³/mol. The van der Waals surface area contributed by atoms with Gasteiger partial charge in [0.15, 0.2) is 0 Å². The summed E-state index contributed by atoms with van der Waals surface area (Å²) in [6, 6.07) is 7.99. The smallest absolute Gasteiger partial charge is 0.275 e. The van der Waals surface area contributed by atoms with Crippen LogP contribution in [0.3, 0.4) is 0 Å². The lowest BCUT2D eigenvalue weighted by Crippen LogP contribution is -2.36. The Labute approximate surface area is 189 Å². The molecule has 2 fully saturated rings. The molecule has 168 valence electrons. The Bertz CT molecular complexity index is 842. The molecular weight excluding hydrogens is 408 g/mol. The molecule has 0 unspecified atom stereocenters. The number of rotatable bonds is 8. The lowest BCUT2D eigenvalue weighted by Gasteiger charge is -2.31. The number of unbranched alkanes of at least 4 members (excludes halogenated alkanes) is 2. The van der Waals surface area contributed by atoms with Crippen molar-refractivity contribution in [1.29, 1.82) is 0 Å². The Morgan fingerprint density at radius 2 is 1.94 bits per heavy atom. The monoisotopic (exact) mass is 442 g/mol. The molecule has 31 heavy (non-hydrogen) atoms. The molecule has 7 heteroatoms. The normalized spacial score (nSPS) is 18.3. The number of hydrogen-bond donors (Lipinski definition) is 1. The number of aromatic nitrogens is 1. The van der Waals surface area contributed by atoms with E-state index in [-0.39, 0.29) is 5.91 Å². The molecule has 0 bridgehead atoms.